The molecule has 0 aromatic rings. The van der Waals surface area contributed by atoms with E-state index >= 15 is 0 Å². The number of rotatable bonds is 9. The zero-order valence-corrected chi connectivity index (χ0v) is 13.2. The molecule has 0 aromatic carbocycles. The minimum Gasteiger partial charge on any atom is -0.380 e. The summed E-state index contributed by atoms with van der Waals surface area (Å²) in [5, 5.41) is 8.18. The summed E-state index contributed by atoms with van der Waals surface area (Å²) in [5.74, 6) is 7.11. The normalized spacial score (nSPS) is 17.4. The molecule has 0 bridgehead atoms. The van der Waals surface area contributed by atoms with Gasteiger partial charge in [0.1, 0.15) is 6.29 Å². The second-order valence-corrected chi connectivity index (χ2v) is 4.63. The molecule has 0 rings (SSSR count). The fourth-order valence-electron chi connectivity index (χ4n) is 2.17. The number of amidine groups is 1. The Morgan fingerprint density at radius 3 is 2.42 bits per heavy atom. The highest BCUT2D eigenvalue weighted by molar-refractivity contribution is 5.79. The highest BCUT2D eigenvalue weighted by Crippen LogP contribution is 2.14. The summed E-state index contributed by atoms with van der Waals surface area (Å²) < 4.78 is 5.58. The largest absolute Gasteiger partial charge is 0.380 e. The lowest BCUT2D eigenvalue weighted by molar-refractivity contribution is -0.0200. The van der Waals surface area contributed by atoms with Crippen LogP contribution in [0.5, 0.6) is 0 Å². The fraction of sp³-hybridized carbons (Fsp3) is 0.923. The lowest BCUT2D eigenvalue weighted by Gasteiger charge is -2.38. The van der Waals surface area contributed by atoms with Crippen LogP contribution in [0.2, 0.25) is 0 Å². The third-order valence-corrected chi connectivity index (χ3v) is 3.36. The summed E-state index contributed by atoms with van der Waals surface area (Å²) in [5.41, 5.74) is 0. The van der Waals surface area contributed by atoms with Crippen molar-refractivity contribution in [2.45, 2.75) is 58.5 Å². The first-order valence-electron chi connectivity index (χ1n) is 6.98. The molecule has 6 heteroatoms. The van der Waals surface area contributed by atoms with E-state index < -0.39 is 0 Å². The minimum atomic E-state index is -0.164. The number of aliphatic imine (C=N–C) groups is 1. The van der Waals surface area contributed by atoms with Gasteiger partial charge in [0.2, 0.25) is 0 Å². The van der Waals surface area contributed by atoms with Gasteiger partial charge in [0, 0.05) is 14.2 Å². The summed E-state index contributed by atoms with van der Waals surface area (Å²) in [6.07, 6.45) is 2.98. The molecule has 0 aromatic heterocycles. The van der Waals surface area contributed by atoms with Crippen molar-refractivity contribution >= 4 is 5.84 Å². The summed E-state index contributed by atoms with van der Waals surface area (Å²) in [6, 6.07) is 0.152. The van der Waals surface area contributed by atoms with Gasteiger partial charge in [0.15, 0.2) is 0 Å². The van der Waals surface area contributed by atoms with Gasteiger partial charge in [-0.3, -0.25) is 16.2 Å². The van der Waals surface area contributed by atoms with Crippen molar-refractivity contribution in [3.63, 3.8) is 0 Å². The van der Waals surface area contributed by atoms with Crippen LogP contribution >= 0.6 is 0 Å². The van der Waals surface area contributed by atoms with Gasteiger partial charge < -0.3 is 10.1 Å². The highest BCUT2D eigenvalue weighted by Gasteiger charge is 2.28. The van der Waals surface area contributed by atoms with Crippen LogP contribution in [-0.4, -0.2) is 50.5 Å². The smallest absolute Gasteiger partial charge is 0.148 e. The van der Waals surface area contributed by atoms with Crippen molar-refractivity contribution in [1.82, 2.24) is 15.6 Å². The van der Waals surface area contributed by atoms with E-state index in [2.05, 4.69) is 29.5 Å². The summed E-state index contributed by atoms with van der Waals surface area (Å²) in [6.45, 7) is 6.19. The number of nitrogens with two attached hydrogens (primary N) is 1. The monoisotopic (exact) mass is 273 g/mol. The second kappa shape index (κ2) is 10.1. The third-order valence-electron chi connectivity index (χ3n) is 3.36. The van der Waals surface area contributed by atoms with E-state index in [0.717, 1.165) is 25.1 Å². The Morgan fingerprint density at radius 2 is 2.05 bits per heavy atom. The number of ether oxygens (including phenoxy) is 1. The van der Waals surface area contributed by atoms with Crippen molar-refractivity contribution in [2.24, 2.45) is 10.8 Å². The molecular weight excluding hydrogens is 242 g/mol. The molecule has 0 heterocycles. The van der Waals surface area contributed by atoms with Crippen molar-refractivity contribution in [2.75, 3.05) is 21.2 Å². The van der Waals surface area contributed by atoms with Crippen LogP contribution in [0, 0.1) is 0 Å². The number of methoxy groups -OCH3 is 1. The van der Waals surface area contributed by atoms with E-state index in [1.54, 1.807) is 19.2 Å². The Balaban J connectivity index is 4.81. The van der Waals surface area contributed by atoms with Crippen LogP contribution in [-0.2, 0) is 4.74 Å². The van der Waals surface area contributed by atoms with Gasteiger partial charge in [-0.05, 0) is 26.8 Å². The molecule has 4 N–H and O–H groups in total. The highest BCUT2D eigenvalue weighted by atomic mass is 16.5. The molecular formula is C13H31N5O. The van der Waals surface area contributed by atoms with E-state index in [0.29, 0.717) is 0 Å². The zero-order valence-electron chi connectivity index (χ0n) is 13.2. The molecule has 0 spiro atoms. The maximum atomic E-state index is 6.27. The molecule has 19 heavy (non-hydrogen) atoms. The average molecular weight is 273 g/mol. The Morgan fingerprint density at radius 1 is 1.42 bits per heavy atom. The summed E-state index contributed by atoms with van der Waals surface area (Å²) in [7, 11) is 5.37. The lowest BCUT2D eigenvalue weighted by Crippen LogP contribution is -2.63. The lowest BCUT2D eigenvalue weighted by atomic mass is 10.0. The predicted octanol–water partition coefficient (Wildman–Crippen LogP) is 0.897. The Bertz CT molecular complexity index is 259. The van der Waals surface area contributed by atoms with Crippen molar-refractivity contribution < 1.29 is 4.74 Å². The third kappa shape index (κ3) is 5.86. The molecule has 0 aliphatic rings. The van der Waals surface area contributed by atoms with E-state index in [4.69, 9.17) is 10.6 Å². The quantitative estimate of drug-likeness (QED) is 0.191. The molecule has 0 aliphatic carbocycles. The number of hydrogen-bond donors (Lipinski definition) is 3. The maximum Gasteiger partial charge on any atom is 0.148 e. The van der Waals surface area contributed by atoms with Crippen molar-refractivity contribution in [3.05, 3.63) is 0 Å². The van der Waals surface area contributed by atoms with Gasteiger partial charge in [0.05, 0.1) is 18.0 Å². The number of nitrogens with zero attached hydrogens (tertiary/aromatic N) is 2. The van der Waals surface area contributed by atoms with Gasteiger partial charge in [-0.15, -0.1) is 0 Å². The van der Waals surface area contributed by atoms with Gasteiger partial charge in [-0.25, -0.2) is 5.01 Å². The summed E-state index contributed by atoms with van der Waals surface area (Å²) >= 11 is 0. The Kier molecular flexibility index (Phi) is 9.77. The first kappa shape index (κ1) is 18.3. The van der Waals surface area contributed by atoms with Crippen molar-refractivity contribution in [1.29, 1.82) is 0 Å². The molecule has 0 saturated heterocycles. The van der Waals surface area contributed by atoms with Gasteiger partial charge in [0.25, 0.3) is 0 Å². The van der Waals surface area contributed by atoms with Crippen LogP contribution in [0.1, 0.15) is 40.0 Å². The molecule has 0 fully saturated rings. The minimum absolute atomic E-state index is 0.136. The van der Waals surface area contributed by atoms with E-state index in [1.165, 1.54) is 0 Å². The topological polar surface area (TPSA) is 74.9 Å². The van der Waals surface area contributed by atoms with E-state index in [9.17, 15) is 0 Å². The van der Waals surface area contributed by atoms with Gasteiger partial charge in [-0.2, -0.15) is 0 Å². The molecule has 0 amide bonds. The average Bonchev–Trinajstić information content (AvgIpc) is 2.43. The fourth-order valence-corrected chi connectivity index (χ4v) is 2.17. The van der Waals surface area contributed by atoms with Crippen LogP contribution in [0.3, 0.4) is 0 Å². The Hall–Kier alpha value is -0.690. The SMILES string of the molecule is CCCC(OC)C(CC)N(N)C(NC)NC(C)=NC. The van der Waals surface area contributed by atoms with E-state index in [-0.39, 0.29) is 18.4 Å². The first-order valence-corrected chi connectivity index (χ1v) is 6.98. The number of nitrogens with one attached hydrogen (secondary N) is 2. The molecule has 0 aliphatic heterocycles. The molecule has 6 nitrogen and oxygen atoms in total. The molecule has 3 atom stereocenters. The van der Waals surface area contributed by atoms with Gasteiger partial charge >= 0.3 is 0 Å². The summed E-state index contributed by atoms with van der Waals surface area (Å²) in [4.78, 5) is 4.10. The Labute approximate surface area is 117 Å². The van der Waals surface area contributed by atoms with Crippen LogP contribution in [0.15, 0.2) is 4.99 Å². The zero-order chi connectivity index (χ0) is 14.8. The number of hydrazine groups is 1. The van der Waals surface area contributed by atoms with Crippen LogP contribution < -0.4 is 16.5 Å². The van der Waals surface area contributed by atoms with Crippen molar-refractivity contribution in [3.8, 4) is 0 Å². The molecule has 3 unspecified atom stereocenters. The molecule has 114 valence electrons. The van der Waals surface area contributed by atoms with Gasteiger partial charge in [-0.1, -0.05) is 20.3 Å². The number of hydrogen-bond acceptors (Lipinski definition) is 5. The maximum absolute atomic E-state index is 6.27. The molecule has 0 saturated carbocycles. The standard InChI is InChI=1S/C13H31N5O/c1-7-9-12(19-6)11(8-2)18(14)13(16-5)17-10(3)15-4/h11-13,16H,7-9,14H2,1-6H3,(H,15,17). The first-order chi connectivity index (χ1) is 9.05. The second-order valence-electron chi connectivity index (χ2n) is 4.63. The van der Waals surface area contributed by atoms with E-state index in [1.807, 2.05) is 14.0 Å². The molecule has 0 radical (unpaired) electrons. The van der Waals surface area contributed by atoms with Crippen LogP contribution in [0.25, 0.3) is 0 Å². The predicted molar refractivity (Wildman–Crippen MR) is 80.8 cm³/mol. The van der Waals surface area contributed by atoms with Crippen LogP contribution in [0.4, 0.5) is 0 Å².